The predicted molar refractivity (Wildman–Crippen MR) is 93.7 cm³/mol. The standard InChI is InChI=1S/C18H21N7/c1-12-2-5-16-21-22-17(25(16)23-12)14-6-8-24(9-7-14)18-19-10-15(11-20-18)13-3-4-13/h2,5,10-11,13-14H,3-4,6-9H2,1H3. The molecule has 0 N–H and O–H groups in total. The van der Waals surface area contributed by atoms with Gasteiger partial charge in [0.1, 0.15) is 0 Å². The lowest BCUT2D eigenvalue weighted by Gasteiger charge is -2.31. The van der Waals surface area contributed by atoms with E-state index in [4.69, 9.17) is 0 Å². The molecule has 0 radical (unpaired) electrons. The molecule has 0 amide bonds. The summed E-state index contributed by atoms with van der Waals surface area (Å²) in [6.45, 7) is 3.87. The minimum atomic E-state index is 0.381. The summed E-state index contributed by atoms with van der Waals surface area (Å²) in [5, 5.41) is 13.2. The van der Waals surface area contributed by atoms with Gasteiger partial charge in [-0.2, -0.15) is 9.61 Å². The van der Waals surface area contributed by atoms with Gasteiger partial charge in [-0.05, 0) is 56.2 Å². The highest BCUT2D eigenvalue weighted by molar-refractivity contribution is 5.37. The van der Waals surface area contributed by atoms with Crippen LogP contribution in [0.5, 0.6) is 0 Å². The zero-order chi connectivity index (χ0) is 16.8. The van der Waals surface area contributed by atoms with Crippen LogP contribution in [0.2, 0.25) is 0 Å². The molecule has 0 bridgehead atoms. The van der Waals surface area contributed by atoms with Crippen LogP contribution < -0.4 is 4.90 Å². The van der Waals surface area contributed by atoms with E-state index < -0.39 is 0 Å². The van der Waals surface area contributed by atoms with E-state index in [0.717, 1.165) is 49.0 Å². The van der Waals surface area contributed by atoms with Crippen molar-refractivity contribution in [1.82, 2.24) is 29.8 Å². The highest BCUT2D eigenvalue weighted by Crippen LogP contribution is 2.39. The van der Waals surface area contributed by atoms with Gasteiger partial charge in [0, 0.05) is 31.4 Å². The first-order valence-electron chi connectivity index (χ1n) is 9.04. The fraction of sp³-hybridized carbons (Fsp3) is 0.500. The molecule has 7 nitrogen and oxygen atoms in total. The van der Waals surface area contributed by atoms with E-state index in [1.165, 1.54) is 18.4 Å². The van der Waals surface area contributed by atoms with Gasteiger partial charge >= 0.3 is 0 Å². The molecule has 1 aliphatic carbocycles. The monoisotopic (exact) mass is 335 g/mol. The number of anilines is 1. The lowest BCUT2D eigenvalue weighted by Crippen LogP contribution is -2.34. The number of aryl methyl sites for hydroxylation is 1. The number of piperidine rings is 1. The molecule has 3 aromatic heterocycles. The minimum Gasteiger partial charge on any atom is -0.341 e. The quantitative estimate of drug-likeness (QED) is 0.732. The maximum absolute atomic E-state index is 4.58. The lowest BCUT2D eigenvalue weighted by molar-refractivity contribution is 0.472. The van der Waals surface area contributed by atoms with E-state index in [0.29, 0.717) is 11.8 Å². The number of rotatable bonds is 3. The van der Waals surface area contributed by atoms with Crippen molar-refractivity contribution in [3.63, 3.8) is 0 Å². The van der Waals surface area contributed by atoms with Gasteiger partial charge in [0.2, 0.25) is 5.95 Å². The molecular weight excluding hydrogens is 314 g/mol. The summed E-state index contributed by atoms with van der Waals surface area (Å²) in [6, 6.07) is 3.95. The van der Waals surface area contributed by atoms with Crippen LogP contribution in [0, 0.1) is 6.92 Å². The van der Waals surface area contributed by atoms with Crippen LogP contribution in [-0.2, 0) is 0 Å². The van der Waals surface area contributed by atoms with Crippen molar-refractivity contribution in [2.45, 2.75) is 44.4 Å². The molecule has 128 valence electrons. The molecule has 2 fully saturated rings. The Balaban J connectivity index is 1.31. The maximum Gasteiger partial charge on any atom is 0.225 e. The van der Waals surface area contributed by atoms with Crippen molar-refractivity contribution in [2.24, 2.45) is 0 Å². The molecule has 3 aromatic rings. The van der Waals surface area contributed by atoms with E-state index >= 15 is 0 Å². The van der Waals surface area contributed by atoms with Crippen molar-refractivity contribution in [2.75, 3.05) is 18.0 Å². The third-order valence-corrected chi connectivity index (χ3v) is 5.27. The molecular formula is C18H21N7. The zero-order valence-electron chi connectivity index (χ0n) is 14.3. The number of aromatic nitrogens is 6. The van der Waals surface area contributed by atoms with Crippen molar-refractivity contribution in [1.29, 1.82) is 0 Å². The molecule has 1 aliphatic heterocycles. The maximum atomic E-state index is 4.58. The first-order valence-corrected chi connectivity index (χ1v) is 9.04. The number of hydrogen-bond acceptors (Lipinski definition) is 6. The highest BCUT2D eigenvalue weighted by Gasteiger charge is 2.27. The van der Waals surface area contributed by atoms with Crippen LogP contribution in [0.1, 0.15) is 54.6 Å². The molecule has 0 unspecified atom stereocenters. The number of nitrogens with zero attached hydrogens (tertiary/aromatic N) is 7. The van der Waals surface area contributed by atoms with Crippen molar-refractivity contribution < 1.29 is 0 Å². The molecule has 5 rings (SSSR count). The van der Waals surface area contributed by atoms with E-state index in [2.05, 4.69) is 30.2 Å². The van der Waals surface area contributed by atoms with Gasteiger partial charge in [0.05, 0.1) is 5.69 Å². The summed E-state index contributed by atoms with van der Waals surface area (Å²) in [6.07, 6.45) is 8.62. The van der Waals surface area contributed by atoms with E-state index in [1.54, 1.807) is 0 Å². The topological polar surface area (TPSA) is 72.1 Å². The molecule has 4 heterocycles. The van der Waals surface area contributed by atoms with Crippen molar-refractivity contribution in [3.05, 3.63) is 41.6 Å². The number of hydrogen-bond donors (Lipinski definition) is 0. The average Bonchev–Trinajstić information content (AvgIpc) is 3.42. The van der Waals surface area contributed by atoms with Crippen LogP contribution in [0.4, 0.5) is 5.95 Å². The second-order valence-corrected chi connectivity index (χ2v) is 7.15. The Labute approximate surface area is 146 Å². The Morgan fingerprint density at radius 3 is 2.40 bits per heavy atom. The lowest BCUT2D eigenvalue weighted by atomic mass is 9.96. The van der Waals surface area contributed by atoms with Gasteiger partial charge in [0.25, 0.3) is 0 Å². The Morgan fingerprint density at radius 1 is 0.920 bits per heavy atom. The highest BCUT2D eigenvalue weighted by atomic mass is 15.4. The Morgan fingerprint density at radius 2 is 1.68 bits per heavy atom. The van der Waals surface area contributed by atoms with Gasteiger partial charge in [0.15, 0.2) is 11.5 Å². The summed E-state index contributed by atoms with van der Waals surface area (Å²) in [5.74, 6) is 2.91. The van der Waals surface area contributed by atoms with Crippen LogP contribution in [0.15, 0.2) is 24.5 Å². The molecule has 2 aliphatic rings. The summed E-state index contributed by atoms with van der Waals surface area (Å²) in [4.78, 5) is 11.4. The Bertz CT molecular complexity index is 889. The van der Waals surface area contributed by atoms with Crippen molar-refractivity contribution in [3.8, 4) is 0 Å². The third-order valence-electron chi connectivity index (χ3n) is 5.27. The van der Waals surface area contributed by atoms with Gasteiger partial charge in [-0.25, -0.2) is 9.97 Å². The smallest absolute Gasteiger partial charge is 0.225 e. The van der Waals surface area contributed by atoms with E-state index in [-0.39, 0.29) is 0 Å². The molecule has 0 atom stereocenters. The normalized spacial score (nSPS) is 18.8. The van der Waals surface area contributed by atoms with Crippen LogP contribution >= 0.6 is 0 Å². The Hall–Kier alpha value is -2.57. The van der Waals surface area contributed by atoms with Crippen molar-refractivity contribution >= 4 is 11.6 Å². The molecule has 25 heavy (non-hydrogen) atoms. The second kappa shape index (κ2) is 5.75. The van der Waals surface area contributed by atoms with Gasteiger partial charge in [-0.15, -0.1) is 10.2 Å². The summed E-state index contributed by atoms with van der Waals surface area (Å²) >= 11 is 0. The van der Waals surface area contributed by atoms with Crippen LogP contribution in [0.25, 0.3) is 5.65 Å². The third kappa shape index (κ3) is 2.73. The largest absolute Gasteiger partial charge is 0.341 e. The van der Waals surface area contributed by atoms with E-state index in [9.17, 15) is 0 Å². The van der Waals surface area contributed by atoms with E-state index in [1.807, 2.05) is 36.0 Å². The minimum absolute atomic E-state index is 0.381. The van der Waals surface area contributed by atoms with Crippen LogP contribution in [-0.4, -0.2) is 42.9 Å². The molecule has 0 spiro atoms. The number of fused-ring (bicyclic) bond motifs is 1. The van der Waals surface area contributed by atoms with Gasteiger partial charge in [-0.3, -0.25) is 0 Å². The van der Waals surface area contributed by atoms with Gasteiger partial charge < -0.3 is 4.90 Å². The zero-order valence-corrected chi connectivity index (χ0v) is 14.3. The van der Waals surface area contributed by atoms with Gasteiger partial charge in [-0.1, -0.05) is 0 Å². The molecule has 7 heteroatoms. The average molecular weight is 335 g/mol. The second-order valence-electron chi connectivity index (χ2n) is 7.15. The molecule has 1 saturated heterocycles. The predicted octanol–water partition coefficient (Wildman–Crippen LogP) is 2.48. The summed E-state index contributed by atoms with van der Waals surface area (Å²) in [5.41, 5.74) is 3.09. The first-order chi connectivity index (χ1) is 12.3. The summed E-state index contributed by atoms with van der Waals surface area (Å²) < 4.78 is 1.90. The summed E-state index contributed by atoms with van der Waals surface area (Å²) in [7, 11) is 0. The fourth-order valence-electron chi connectivity index (χ4n) is 3.61. The molecule has 1 saturated carbocycles. The Kier molecular flexibility index (Phi) is 3.39. The molecule has 0 aromatic carbocycles. The van der Waals surface area contributed by atoms with Crippen LogP contribution in [0.3, 0.4) is 0 Å². The fourth-order valence-corrected chi connectivity index (χ4v) is 3.61. The first kappa shape index (κ1) is 14.7. The SMILES string of the molecule is Cc1ccc2nnc(C3CCN(c4ncc(C5CC5)cn4)CC3)n2n1.